The van der Waals surface area contributed by atoms with E-state index in [-0.39, 0.29) is 27.3 Å². The molecule has 2 aromatic carbocycles. The van der Waals surface area contributed by atoms with E-state index in [1.807, 2.05) is 6.07 Å². The summed E-state index contributed by atoms with van der Waals surface area (Å²) in [5, 5.41) is 19.0. The number of nitro groups is 1. The van der Waals surface area contributed by atoms with Crippen LogP contribution in [0.25, 0.3) is 0 Å². The number of primary sulfonamides is 1. The maximum Gasteiger partial charge on any atom is 0.272 e. The molecule has 0 aromatic heterocycles. The number of hydrogen-bond acceptors (Lipinski definition) is 6. The van der Waals surface area contributed by atoms with Crippen molar-refractivity contribution in [2.24, 2.45) is 11.1 Å². The highest BCUT2D eigenvalue weighted by Gasteiger charge is 2.26. The first kappa shape index (κ1) is 21.9. The first-order chi connectivity index (χ1) is 14.1. The number of carbonyl (C=O) groups excluding carboxylic acids is 1. The normalized spacial score (nSPS) is 15.7. The van der Waals surface area contributed by atoms with Gasteiger partial charge in [-0.25, -0.2) is 13.6 Å². The Balaban J connectivity index is 1.55. The lowest BCUT2D eigenvalue weighted by molar-refractivity contribution is -0.385. The molecule has 1 saturated heterocycles. The smallest absolute Gasteiger partial charge is 0.272 e. The first-order valence-electron chi connectivity index (χ1n) is 9.54. The van der Waals surface area contributed by atoms with Gasteiger partial charge in [0.1, 0.15) is 0 Å². The first-order valence-corrected chi connectivity index (χ1v) is 11.1. The molecule has 9 nitrogen and oxygen atoms in total. The summed E-state index contributed by atoms with van der Waals surface area (Å²) in [6, 6.07) is 10.8. The summed E-state index contributed by atoms with van der Waals surface area (Å²) in [5.41, 5.74) is 2.23. The zero-order valence-corrected chi connectivity index (χ0v) is 17.4. The number of amides is 1. The van der Waals surface area contributed by atoms with Gasteiger partial charge in [-0.3, -0.25) is 19.8 Å². The van der Waals surface area contributed by atoms with Crippen LogP contribution >= 0.6 is 0 Å². The van der Waals surface area contributed by atoms with E-state index in [1.165, 1.54) is 30.3 Å². The number of nitrogens with zero attached hydrogens (tertiary/aromatic N) is 2. The maximum atomic E-state index is 12.5. The molecule has 3 N–H and O–H groups in total. The van der Waals surface area contributed by atoms with Gasteiger partial charge in [0.15, 0.2) is 0 Å². The Morgan fingerprint density at radius 2 is 1.83 bits per heavy atom. The van der Waals surface area contributed by atoms with Gasteiger partial charge in [-0.2, -0.15) is 0 Å². The Kier molecular flexibility index (Phi) is 6.49. The molecule has 2 aromatic rings. The van der Waals surface area contributed by atoms with Crippen LogP contribution in [-0.2, 0) is 21.4 Å². The van der Waals surface area contributed by atoms with Crippen molar-refractivity contribution in [1.29, 1.82) is 0 Å². The summed E-state index contributed by atoms with van der Waals surface area (Å²) in [7, 11) is -3.77. The van der Waals surface area contributed by atoms with E-state index < -0.39 is 10.0 Å². The minimum absolute atomic E-state index is 0.00903. The van der Waals surface area contributed by atoms with Crippen LogP contribution in [0.15, 0.2) is 47.4 Å². The number of piperidine rings is 1. The lowest BCUT2D eigenvalue weighted by atomic mass is 9.95. The number of hydrogen-bond donors (Lipinski definition) is 2. The summed E-state index contributed by atoms with van der Waals surface area (Å²) >= 11 is 0. The van der Waals surface area contributed by atoms with Gasteiger partial charge in [0, 0.05) is 29.8 Å². The molecular weight excluding hydrogens is 408 g/mol. The summed E-state index contributed by atoms with van der Waals surface area (Å²) in [6.45, 7) is 3.79. The number of anilines is 1. The van der Waals surface area contributed by atoms with E-state index in [0.717, 1.165) is 5.56 Å². The molecular formula is C20H24N4O5S. The van der Waals surface area contributed by atoms with Crippen LogP contribution in [-0.4, -0.2) is 37.2 Å². The number of nitro benzene ring substituents is 1. The average molecular weight is 433 g/mol. The Labute approximate surface area is 175 Å². The standard InChI is InChI=1S/C20H24N4O5S/c1-14-16(3-2-4-19(14)24(26)27)13-23-11-9-15(10-12-23)20(25)22-17-5-7-18(8-6-17)30(21,28)29/h2-8,15H,9-13H2,1H3,(H,22,25)(H2,21,28,29). The number of rotatable bonds is 6. The minimum atomic E-state index is -3.77. The van der Waals surface area contributed by atoms with Crippen molar-refractivity contribution in [1.82, 2.24) is 4.90 Å². The summed E-state index contributed by atoms with van der Waals surface area (Å²) in [6.07, 6.45) is 1.35. The predicted octanol–water partition coefficient (Wildman–Crippen LogP) is 2.40. The van der Waals surface area contributed by atoms with Crippen LogP contribution in [0.3, 0.4) is 0 Å². The van der Waals surface area contributed by atoms with Gasteiger partial charge in [-0.05, 0) is 62.7 Å². The molecule has 0 saturated carbocycles. The average Bonchev–Trinajstić information content (AvgIpc) is 2.69. The van der Waals surface area contributed by atoms with E-state index in [2.05, 4.69) is 10.2 Å². The van der Waals surface area contributed by atoms with Gasteiger partial charge in [-0.1, -0.05) is 12.1 Å². The third-order valence-corrected chi connectivity index (χ3v) is 6.35. The van der Waals surface area contributed by atoms with Crippen molar-refractivity contribution >= 4 is 27.3 Å². The van der Waals surface area contributed by atoms with E-state index in [9.17, 15) is 23.3 Å². The van der Waals surface area contributed by atoms with Crippen molar-refractivity contribution in [2.75, 3.05) is 18.4 Å². The lowest BCUT2D eigenvalue weighted by Gasteiger charge is -2.31. The predicted molar refractivity (Wildman–Crippen MR) is 112 cm³/mol. The molecule has 0 aliphatic carbocycles. The molecule has 160 valence electrons. The number of nitrogens with one attached hydrogen (secondary N) is 1. The van der Waals surface area contributed by atoms with Crippen LogP contribution in [0, 0.1) is 23.0 Å². The zero-order chi connectivity index (χ0) is 21.9. The highest BCUT2D eigenvalue weighted by molar-refractivity contribution is 7.89. The molecule has 0 unspecified atom stereocenters. The van der Waals surface area contributed by atoms with Gasteiger partial charge in [-0.15, -0.1) is 0 Å². The van der Waals surface area contributed by atoms with Gasteiger partial charge < -0.3 is 5.32 Å². The molecule has 1 amide bonds. The Hall–Kier alpha value is -2.82. The number of benzene rings is 2. The molecule has 3 rings (SSSR count). The van der Waals surface area contributed by atoms with Crippen LogP contribution in [0.5, 0.6) is 0 Å². The lowest BCUT2D eigenvalue weighted by Crippen LogP contribution is -2.37. The van der Waals surface area contributed by atoms with E-state index in [4.69, 9.17) is 5.14 Å². The Morgan fingerprint density at radius 1 is 1.20 bits per heavy atom. The largest absolute Gasteiger partial charge is 0.326 e. The van der Waals surface area contributed by atoms with Gasteiger partial charge >= 0.3 is 0 Å². The topological polar surface area (TPSA) is 136 Å². The quantitative estimate of drug-likeness (QED) is 0.531. The number of nitrogens with two attached hydrogens (primary N) is 1. The van der Waals surface area contributed by atoms with E-state index in [1.54, 1.807) is 13.0 Å². The van der Waals surface area contributed by atoms with Gasteiger partial charge in [0.05, 0.1) is 9.82 Å². The molecule has 0 bridgehead atoms. The molecule has 0 atom stereocenters. The molecule has 30 heavy (non-hydrogen) atoms. The van der Waals surface area contributed by atoms with Crippen molar-refractivity contribution < 1.29 is 18.1 Å². The van der Waals surface area contributed by atoms with Gasteiger partial charge in [0.25, 0.3) is 5.69 Å². The van der Waals surface area contributed by atoms with E-state index >= 15 is 0 Å². The van der Waals surface area contributed by atoms with Crippen molar-refractivity contribution in [3.63, 3.8) is 0 Å². The molecule has 1 aliphatic rings. The zero-order valence-electron chi connectivity index (χ0n) is 16.6. The molecule has 1 aliphatic heterocycles. The summed E-state index contributed by atoms with van der Waals surface area (Å²) in [4.78, 5) is 25.5. The van der Waals surface area contributed by atoms with Crippen LogP contribution in [0.2, 0.25) is 0 Å². The second kappa shape index (κ2) is 8.90. The minimum Gasteiger partial charge on any atom is -0.326 e. The molecule has 10 heteroatoms. The third kappa shape index (κ3) is 5.21. The van der Waals surface area contributed by atoms with Crippen LogP contribution < -0.4 is 10.5 Å². The number of sulfonamides is 1. The fraction of sp³-hybridized carbons (Fsp3) is 0.350. The number of likely N-dealkylation sites (tertiary alicyclic amines) is 1. The Morgan fingerprint density at radius 3 is 2.40 bits per heavy atom. The highest BCUT2D eigenvalue weighted by atomic mass is 32.2. The maximum absolute atomic E-state index is 12.5. The highest BCUT2D eigenvalue weighted by Crippen LogP contribution is 2.25. The van der Waals surface area contributed by atoms with Crippen molar-refractivity contribution in [2.45, 2.75) is 31.2 Å². The molecule has 0 radical (unpaired) electrons. The van der Waals surface area contributed by atoms with E-state index in [0.29, 0.717) is 43.7 Å². The molecule has 1 fully saturated rings. The fourth-order valence-electron chi connectivity index (χ4n) is 3.61. The third-order valence-electron chi connectivity index (χ3n) is 5.42. The van der Waals surface area contributed by atoms with Gasteiger partial charge in [0.2, 0.25) is 15.9 Å². The van der Waals surface area contributed by atoms with Crippen molar-refractivity contribution in [3.05, 3.63) is 63.7 Å². The second-order valence-electron chi connectivity index (χ2n) is 7.43. The molecule has 0 spiro atoms. The van der Waals surface area contributed by atoms with Crippen LogP contribution in [0.4, 0.5) is 11.4 Å². The second-order valence-corrected chi connectivity index (χ2v) is 8.99. The van der Waals surface area contributed by atoms with Crippen LogP contribution in [0.1, 0.15) is 24.0 Å². The molecule has 1 heterocycles. The summed E-state index contributed by atoms with van der Waals surface area (Å²) < 4.78 is 22.6. The summed E-state index contributed by atoms with van der Waals surface area (Å²) in [5.74, 6) is -0.255. The van der Waals surface area contributed by atoms with Crippen molar-refractivity contribution in [3.8, 4) is 0 Å². The fourth-order valence-corrected chi connectivity index (χ4v) is 4.12. The monoisotopic (exact) mass is 432 g/mol. The number of carbonyl (C=O) groups is 1. The Bertz CT molecular complexity index is 1050. The SMILES string of the molecule is Cc1c(CN2CCC(C(=O)Nc3ccc(S(N)(=O)=O)cc3)CC2)cccc1[N+](=O)[O-].